The molecule has 2 rings (SSSR count). The maximum atomic E-state index is 5.88. The maximum absolute atomic E-state index is 5.88. The Labute approximate surface area is 121 Å². The van der Waals surface area contributed by atoms with Crippen LogP contribution in [-0.2, 0) is 14.2 Å². The van der Waals surface area contributed by atoms with E-state index in [9.17, 15) is 0 Å². The van der Waals surface area contributed by atoms with Crippen molar-refractivity contribution in [3.05, 3.63) is 0 Å². The summed E-state index contributed by atoms with van der Waals surface area (Å²) in [6.07, 6.45) is 5.62. The lowest BCUT2D eigenvalue weighted by molar-refractivity contribution is -0.227. The van der Waals surface area contributed by atoms with Crippen LogP contribution in [0.25, 0.3) is 0 Å². The molecule has 0 saturated carbocycles. The van der Waals surface area contributed by atoms with Crippen LogP contribution in [0.1, 0.15) is 20.8 Å². The van der Waals surface area contributed by atoms with E-state index in [1.807, 2.05) is 0 Å². The van der Waals surface area contributed by atoms with Crippen LogP contribution in [0.3, 0.4) is 0 Å². The standard InChI is InChI=1S/C15H26N2O3/c1-7-11-8-17(10-16-14(2,3)4)13-12(11)20-9-15(13,18-5)19-6/h1,11-13,16H,8-10H2,2-6H3. The molecule has 0 aromatic heterocycles. The van der Waals surface area contributed by atoms with Gasteiger partial charge in [-0.3, -0.25) is 10.2 Å². The van der Waals surface area contributed by atoms with E-state index in [1.165, 1.54) is 0 Å². The number of rotatable bonds is 4. The van der Waals surface area contributed by atoms with E-state index in [0.29, 0.717) is 6.61 Å². The first-order valence-electron chi connectivity index (χ1n) is 7.04. The molecule has 0 aromatic carbocycles. The molecule has 3 atom stereocenters. The van der Waals surface area contributed by atoms with Crippen molar-refractivity contribution < 1.29 is 14.2 Å². The number of ether oxygens (including phenoxy) is 3. The highest BCUT2D eigenvalue weighted by molar-refractivity contribution is 5.14. The highest BCUT2D eigenvalue weighted by atomic mass is 16.7. The summed E-state index contributed by atoms with van der Waals surface area (Å²) in [5.41, 5.74) is 0.0476. The normalized spacial score (nSPS) is 33.1. The SMILES string of the molecule is C#CC1CN(CNC(C)(C)C)C2C1OCC2(OC)OC. The van der Waals surface area contributed by atoms with Crippen LogP contribution < -0.4 is 5.32 Å². The first-order chi connectivity index (χ1) is 9.37. The second-order valence-electron chi connectivity index (χ2n) is 6.57. The highest BCUT2D eigenvalue weighted by Crippen LogP contribution is 2.40. The maximum Gasteiger partial charge on any atom is 0.210 e. The van der Waals surface area contributed by atoms with Crippen molar-refractivity contribution in [1.82, 2.24) is 10.2 Å². The summed E-state index contributed by atoms with van der Waals surface area (Å²) in [4.78, 5) is 2.28. The van der Waals surface area contributed by atoms with E-state index in [1.54, 1.807) is 14.2 Å². The zero-order valence-corrected chi connectivity index (χ0v) is 13.1. The first kappa shape index (κ1) is 15.7. The van der Waals surface area contributed by atoms with Crippen LogP contribution in [0, 0.1) is 18.3 Å². The fourth-order valence-electron chi connectivity index (χ4n) is 3.02. The minimum absolute atomic E-state index is 0.0217. The summed E-state index contributed by atoms with van der Waals surface area (Å²) < 4.78 is 17.1. The van der Waals surface area contributed by atoms with Crippen LogP contribution >= 0.6 is 0 Å². The molecular weight excluding hydrogens is 256 g/mol. The van der Waals surface area contributed by atoms with Gasteiger partial charge in [0.05, 0.1) is 18.1 Å². The molecule has 1 N–H and O–H groups in total. The van der Waals surface area contributed by atoms with Gasteiger partial charge in [-0.15, -0.1) is 6.42 Å². The van der Waals surface area contributed by atoms with Crippen molar-refractivity contribution in [3.8, 4) is 12.3 Å². The molecule has 0 radical (unpaired) electrons. The molecule has 114 valence electrons. The number of methoxy groups -OCH3 is 2. The van der Waals surface area contributed by atoms with E-state index in [0.717, 1.165) is 13.2 Å². The van der Waals surface area contributed by atoms with Crippen molar-refractivity contribution >= 4 is 0 Å². The molecule has 2 fully saturated rings. The lowest BCUT2D eigenvalue weighted by Crippen LogP contribution is -2.56. The van der Waals surface area contributed by atoms with E-state index in [-0.39, 0.29) is 23.6 Å². The van der Waals surface area contributed by atoms with Gasteiger partial charge in [-0.1, -0.05) is 5.92 Å². The van der Waals surface area contributed by atoms with Crippen LogP contribution in [0.4, 0.5) is 0 Å². The summed E-state index contributed by atoms with van der Waals surface area (Å²) in [7, 11) is 3.32. The summed E-state index contributed by atoms with van der Waals surface area (Å²) >= 11 is 0. The van der Waals surface area contributed by atoms with E-state index < -0.39 is 5.79 Å². The minimum Gasteiger partial charge on any atom is -0.369 e. The van der Waals surface area contributed by atoms with Crippen molar-refractivity contribution in [1.29, 1.82) is 0 Å². The average Bonchev–Trinajstić information content (AvgIpc) is 2.94. The topological polar surface area (TPSA) is 43.0 Å². The predicted molar refractivity (Wildman–Crippen MR) is 77.1 cm³/mol. The van der Waals surface area contributed by atoms with Gasteiger partial charge < -0.3 is 14.2 Å². The second kappa shape index (κ2) is 5.63. The Hall–Kier alpha value is -0.640. The zero-order valence-electron chi connectivity index (χ0n) is 13.1. The smallest absolute Gasteiger partial charge is 0.210 e. The molecule has 0 spiro atoms. The summed E-state index contributed by atoms with van der Waals surface area (Å²) in [5.74, 6) is 2.19. The van der Waals surface area contributed by atoms with Crippen molar-refractivity contribution in [2.75, 3.05) is 34.0 Å². The number of nitrogens with zero attached hydrogens (tertiary/aromatic N) is 1. The molecular formula is C15H26N2O3. The number of terminal acetylenes is 1. The quantitative estimate of drug-likeness (QED) is 0.606. The largest absolute Gasteiger partial charge is 0.369 e. The van der Waals surface area contributed by atoms with E-state index in [2.05, 4.69) is 36.9 Å². The lowest BCUT2D eigenvalue weighted by atomic mass is 9.99. The third-order valence-corrected chi connectivity index (χ3v) is 4.18. The first-order valence-corrected chi connectivity index (χ1v) is 7.04. The second-order valence-corrected chi connectivity index (χ2v) is 6.57. The van der Waals surface area contributed by atoms with Crippen molar-refractivity contribution in [2.24, 2.45) is 5.92 Å². The van der Waals surface area contributed by atoms with Gasteiger partial charge in [0.15, 0.2) is 0 Å². The third-order valence-electron chi connectivity index (χ3n) is 4.18. The average molecular weight is 282 g/mol. The Morgan fingerprint density at radius 2 is 2.05 bits per heavy atom. The van der Waals surface area contributed by atoms with E-state index in [4.69, 9.17) is 20.6 Å². The molecule has 3 unspecified atom stereocenters. The van der Waals surface area contributed by atoms with Crippen LogP contribution in [-0.4, -0.2) is 62.4 Å². The molecule has 0 aliphatic carbocycles. The Bertz CT molecular complexity index is 382. The van der Waals surface area contributed by atoms with Crippen LogP contribution in [0.2, 0.25) is 0 Å². The highest BCUT2D eigenvalue weighted by Gasteiger charge is 2.59. The number of hydrogen-bond donors (Lipinski definition) is 1. The van der Waals surface area contributed by atoms with E-state index >= 15 is 0 Å². The molecule has 5 nitrogen and oxygen atoms in total. The molecule has 2 saturated heterocycles. The Morgan fingerprint density at radius 1 is 1.40 bits per heavy atom. The number of hydrogen-bond acceptors (Lipinski definition) is 5. The van der Waals surface area contributed by atoms with Crippen molar-refractivity contribution in [3.63, 3.8) is 0 Å². The van der Waals surface area contributed by atoms with Crippen LogP contribution in [0.15, 0.2) is 0 Å². The molecule has 0 aromatic rings. The molecule has 0 amide bonds. The zero-order chi connectivity index (χ0) is 15.0. The summed E-state index contributed by atoms with van der Waals surface area (Å²) in [5, 5.41) is 3.50. The molecule has 0 bridgehead atoms. The summed E-state index contributed by atoms with van der Waals surface area (Å²) in [6, 6.07) is 0.0217. The third kappa shape index (κ3) is 2.72. The Morgan fingerprint density at radius 3 is 2.55 bits per heavy atom. The molecule has 20 heavy (non-hydrogen) atoms. The Kier molecular flexibility index (Phi) is 4.43. The van der Waals surface area contributed by atoms with Gasteiger partial charge in [0.1, 0.15) is 6.61 Å². The number of nitrogens with one attached hydrogen (secondary N) is 1. The lowest BCUT2D eigenvalue weighted by Gasteiger charge is -2.37. The fraction of sp³-hybridized carbons (Fsp3) is 0.867. The molecule has 2 aliphatic rings. The van der Waals surface area contributed by atoms with Gasteiger partial charge in [-0.2, -0.15) is 0 Å². The summed E-state index contributed by atoms with van der Waals surface area (Å²) in [6.45, 7) is 8.38. The predicted octanol–water partition coefficient (Wildman–Crippen LogP) is 0.654. The van der Waals surface area contributed by atoms with Gasteiger partial charge in [-0.05, 0) is 20.8 Å². The minimum atomic E-state index is -0.726. The fourth-order valence-corrected chi connectivity index (χ4v) is 3.02. The number of fused-ring (bicyclic) bond motifs is 1. The van der Waals surface area contributed by atoms with Crippen molar-refractivity contribution in [2.45, 2.75) is 44.2 Å². The number of likely N-dealkylation sites (tertiary alicyclic amines) is 1. The van der Waals surface area contributed by atoms with Gasteiger partial charge in [0.2, 0.25) is 5.79 Å². The van der Waals surface area contributed by atoms with Crippen LogP contribution in [0.5, 0.6) is 0 Å². The monoisotopic (exact) mass is 282 g/mol. The molecule has 2 aliphatic heterocycles. The Balaban J connectivity index is 2.17. The molecule has 5 heteroatoms. The van der Waals surface area contributed by atoms with Gasteiger partial charge in [0.25, 0.3) is 0 Å². The van der Waals surface area contributed by atoms with Gasteiger partial charge in [-0.25, -0.2) is 0 Å². The molecule has 2 heterocycles. The van der Waals surface area contributed by atoms with Gasteiger partial charge >= 0.3 is 0 Å². The van der Waals surface area contributed by atoms with Gasteiger partial charge in [0, 0.05) is 33.0 Å².